The monoisotopic (exact) mass is 240 g/mol. The number of aromatic nitrogens is 1. The third kappa shape index (κ3) is 3.28. The van der Waals surface area contributed by atoms with E-state index in [9.17, 15) is 18.0 Å². The molecule has 0 saturated carbocycles. The molecule has 0 aliphatic rings. The molecule has 0 spiro atoms. The van der Waals surface area contributed by atoms with E-state index in [-0.39, 0.29) is 5.69 Å². The summed E-state index contributed by atoms with van der Waals surface area (Å²) in [5, 5.41) is -0.580. The number of hydrogen-bond acceptors (Lipinski definition) is 3. The van der Waals surface area contributed by atoms with Crippen molar-refractivity contribution < 1.29 is 22.7 Å². The predicted molar refractivity (Wildman–Crippen MR) is 44.4 cm³/mol. The maximum absolute atomic E-state index is 11.8. The van der Waals surface area contributed by atoms with E-state index in [2.05, 4.69) is 9.72 Å². The average molecular weight is 241 g/mol. The molecule has 0 aliphatic carbocycles. The molecule has 4 nitrogen and oxygen atoms in total. The number of carbonyl (C=O) groups is 1. The Kier molecular flexibility index (Phi) is 3.04. The van der Waals surface area contributed by atoms with Gasteiger partial charge >= 0.3 is 6.36 Å². The van der Waals surface area contributed by atoms with E-state index >= 15 is 0 Å². The van der Waals surface area contributed by atoms with Crippen LogP contribution in [0, 0.1) is 0 Å². The molecule has 0 saturated heterocycles. The number of pyridine rings is 1. The Morgan fingerprint density at radius 1 is 1.47 bits per heavy atom. The van der Waals surface area contributed by atoms with Crippen LogP contribution in [-0.4, -0.2) is 17.3 Å². The minimum atomic E-state index is -4.86. The molecule has 0 aromatic carbocycles. The van der Waals surface area contributed by atoms with Gasteiger partial charge in [-0.15, -0.1) is 13.2 Å². The van der Waals surface area contributed by atoms with E-state index in [0.29, 0.717) is 0 Å². The number of nitrogens with zero attached hydrogens (tertiary/aromatic N) is 1. The molecule has 1 rings (SSSR count). The van der Waals surface area contributed by atoms with Crippen LogP contribution < -0.4 is 10.5 Å². The lowest BCUT2D eigenvalue weighted by atomic mass is 10.3. The van der Waals surface area contributed by atoms with Crippen molar-refractivity contribution in [2.45, 2.75) is 6.36 Å². The molecule has 15 heavy (non-hydrogen) atoms. The van der Waals surface area contributed by atoms with Crippen LogP contribution in [0.2, 0.25) is 5.15 Å². The maximum Gasteiger partial charge on any atom is 0.573 e. The van der Waals surface area contributed by atoms with Gasteiger partial charge in [0.1, 0.15) is 5.69 Å². The Labute approximate surface area is 86.8 Å². The average Bonchev–Trinajstić information content (AvgIpc) is 2.05. The molecular formula is C7H4ClF3N2O2. The molecule has 82 valence electrons. The Morgan fingerprint density at radius 3 is 2.47 bits per heavy atom. The second-order valence-corrected chi connectivity index (χ2v) is 2.76. The van der Waals surface area contributed by atoms with Gasteiger partial charge in [0.15, 0.2) is 10.9 Å². The van der Waals surface area contributed by atoms with Crippen molar-refractivity contribution in [2.24, 2.45) is 5.73 Å². The molecule has 1 amide bonds. The summed E-state index contributed by atoms with van der Waals surface area (Å²) >= 11 is 5.34. The lowest BCUT2D eigenvalue weighted by Gasteiger charge is -2.09. The number of primary amides is 1. The van der Waals surface area contributed by atoms with Gasteiger partial charge in [0.2, 0.25) is 0 Å². The fourth-order valence-corrected chi connectivity index (χ4v) is 0.952. The van der Waals surface area contributed by atoms with E-state index in [1.54, 1.807) is 0 Å². The number of carbonyl (C=O) groups excluding carboxylic acids is 1. The SMILES string of the molecule is NC(=O)c1ccc(OC(F)(F)F)c(Cl)n1. The highest BCUT2D eigenvalue weighted by atomic mass is 35.5. The van der Waals surface area contributed by atoms with Crippen LogP contribution in [0.5, 0.6) is 5.75 Å². The van der Waals surface area contributed by atoms with Crippen LogP contribution in [0.4, 0.5) is 13.2 Å². The Bertz CT molecular complexity index is 394. The predicted octanol–water partition coefficient (Wildman–Crippen LogP) is 1.73. The van der Waals surface area contributed by atoms with Crippen molar-refractivity contribution in [1.29, 1.82) is 0 Å². The highest BCUT2D eigenvalue weighted by molar-refractivity contribution is 6.31. The zero-order valence-electron chi connectivity index (χ0n) is 7.01. The lowest BCUT2D eigenvalue weighted by molar-refractivity contribution is -0.274. The first-order chi connectivity index (χ1) is 6.79. The van der Waals surface area contributed by atoms with Crippen LogP contribution in [-0.2, 0) is 0 Å². The molecule has 1 aromatic heterocycles. The fourth-order valence-electron chi connectivity index (χ4n) is 0.760. The van der Waals surface area contributed by atoms with E-state index in [1.807, 2.05) is 0 Å². The number of nitrogens with two attached hydrogens (primary N) is 1. The maximum atomic E-state index is 11.8. The topological polar surface area (TPSA) is 65.2 Å². The number of amides is 1. The van der Waals surface area contributed by atoms with Gasteiger partial charge < -0.3 is 10.5 Å². The summed E-state index contributed by atoms with van der Waals surface area (Å²) in [7, 11) is 0. The van der Waals surface area contributed by atoms with Gasteiger partial charge in [0, 0.05) is 0 Å². The molecule has 1 heterocycles. The van der Waals surface area contributed by atoms with Gasteiger partial charge in [-0.2, -0.15) is 0 Å². The first-order valence-electron chi connectivity index (χ1n) is 3.51. The number of alkyl halides is 3. The largest absolute Gasteiger partial charge is 0.573 e. The number of halogens is 4. The molecule has 1 aromatic rings. The van der Waals surface area contributed by atoms with Crippen molar-refractivity contribution in [2.75, 3.05) is 0 Å². The lowest BCUT2D eigenvalue weighted by Crippen LogP contribution is -2.18. The minimum Gasteiger partial charge on any atom is -0.402 e. The highest BCUT2D eigenvalue weighted by Crippen LogP contribution is 2.28. The molecule has 0 fully saturated rings. The van der Waals surface area contributed by atoms with Crippen LogP contribution in [0.3, 0.4) is 0 Å². The van der Waals surface area contributed by atoms with Crippen LogP contribution >= 0.6 is 11.6 Å². The molecule has 0 atom stereocenters. The Morgan fingerprint density at radius 2 is 2.07 bits per heavy atom. The molecule has 0 radical (unpaired) electrons. The number of hydrogen-bond donors (Lipinski definition) is 1. The minimum absolute atomic E-state index is 0.241. The first-order valence-corrected chi connectivity index (χ1v) is 3.89. The molecule has 0 bridgehead atoms. The summed E-state index contributed by atoms with van der Waals surface area (Å²) in [6, 6.07) is 1.85. The third-order valence-electron chi connectivity index (χ3n) is 1.29. The smallest absolute Gasteiger partial charge is 0.402 e. The Hall–Kier alpha value is -1.50. The highest BCUT2D eigenvalue weighted by Gasteiger charge is 2.32. The van der Waals surface area contributed by atoms with E-state index in [4.69, 9.17) is 17.3 Å². The van der Waals surface area contributed by atoms with Gasteiger partial charge in [-0.05, 0) is 12.1 Å². The van der Waals surface area contributed by atoms with Gasteiger partial charge in [-0.25, -0.2) is 4.98 Å². The van der Waals surface area contributed by atoms with Gasteiger partial charge in [0.25, 0.3) is 5.91 Å². The van der Waals surface area contributed by atoms with E-state index in [1.165, 1.54) is 0 Å². The Balaban J connectivity index is 2.99. The van der Waals surface area contributed by atoms with E-state index in [0.717, 1.165) is 12.1 Å². The molecule has 0 unspecified atom stereocenters. The van der Waals surface area contributed by atoms with E-state index < -0.39 is 23.2 Å². The second-order valence-electron chi connectivity index (χ2n) is 2.40. The first kappa shape index (κ1) is 11.6. The number of rotatable bonds is 2. The molecule has 2 N–H and O–H groups in total. The normalized spacial score (nSPS) is 11.2. The third-order valence-corrected chi connectivity index (χ3v) is 1.56. The van der Waals surface area contributed by atoms with Crippen LogP contribution in [0.15, 0.2) is 12.1 Å². The summed E-state index contributed by atoms with van der Waals surface area (Å²) in [6.07, 6.45) is -4.86. The molecule has 8 heteroatoms. The molecular weight excluding hydrogens is 237 g/mol. The van der Waals surface area contributed by atoms with Crippen molar-refractivity contribution in [3.8, 4) is 5.75 Å². The van der Waals surface area contributed by atoms with Crippen LogP contribution in [0.25, 0.3) is 0 Å². The summed E-state index contributed by atoms with van der Waals surface area (Å²) in [6.45, 7) is 0. The van der Waals surface area contributed by atoms with Gasteiger partial charge in [-0.3, -0.25) is 4.79 Å². The van der Waals surface area contributed by atoms with Gasteiger partial charge in [-0.1, -0.05) is 11.6 Å². The zero-order valence-corrected chi connectivity index (χ0v) is 7.76. The quantitative estimate of drug-likeness (QED) is 0.801. The summed E-state index contributed by atoms with van der Waals surface area (Å²) < 4.78 is 38.9. The van der Waals surface area contributed by atoms with Crippen molar-refractivity contribution in [3.05, 3.63) is 23.0 Å². The fraction of sp³-hybridized carbons (Fsp3) is 0.143. The van der Waals surface area contributed by atoms with Crippen molar-refractivity contribution in [3.63, 3.8) is 0 Å². The zero-order chi connectivity index (χ0) is 11.6. The standard InChI is InChI=1S/C7H4ClF3N2O2/c8-5-4(15-7(9,10)11)2-1-3(13-5)6(12)14/h1-2H,(H2,12,14). The van der Waals surface area contributed by atoms with Crippen molar-refractivity contribution >= 4 is 17.5 Å². The molecule has 0 aliphatic heterocycles. The summed E-state index contributed by atoms with van der Waals surface area (Å²) in [4.78, 5) is 13.9. The summed E-state index contributed by atoms with van der Waals surface area (Å²) in [5.41, 5.74) is 4.60. The van der Waals surface area contributed by atoms with Gasteiger partial charge in [0.05, 0.1) is 0 Å². The number of ether oxygens (including phenoxy) is 1. The van der Waals surface area contributed by atoms with Crippen molar-refractivity contribution in [1.82, 2.24) is 4.98 Å². The van der Waals surface area contributed by atoms with Crippen LogP contribution in [0.1, 0.15) is 10.5 Å². The summed E-state index contributed by atoms with van der Waals surface area (Å²) in [5.74, 6) is -1.58. The second kappa shape index (κ2) is 3.93.